The van der Waals surface area contributed by atoms with Gasteiger partial charge in [0.25, 0.3) is 10.0 Å². The zero-order chi connectivity index (χ0) is 17.0. The van der Waals surface area contributed by atoms with Gasteiger partial charge in [-0.3, -0.25) is 10.1 Å². The minimum absolute atomic E-state index is 0.0527. The molecule has 0 bridgehead atoms. The quantitative estimate of drug-likeness (QED) is 0.491. The van der Waals surface area contributed by atoms with Crippen molar-refractivity contribution in [3.63, 3.8) is 0 Å². The van der Waals surface area contributed by atoms with E-state index in [1.807, 2.05) is 11.8 Å². The second-order valence-electron chi connectivity index (χ2n) is 4.67. The van der Waals surface area contributed by atoms with Crippen LogP contribution in [0.4, 0.5) is 5.69 Å². The number of nitrogens with zero attached hydrogens (tertiary/aromatic N) is 2. The lowest BCUT2D eigenvalue weighted by molar-refractivity contribution is -0.385. The maximum absolute atomic E-state index is 12.0. The third kappa shape index (κ3) is 4.04. The molecule has 9 heteroatoms. The summed E-state index contributed by atoms with van der Waals surface area (Å²) < 4.78 is 24.0. The second-order valence-corrected chi connectivity index (χ2v) is 6.33. The molecule has 0 spiro atoms. The summed E-state index contributed by atoms with van der Waals surface area (Å²) in [6.45, 7) is 1.83. The van der Waals surface area contributed by atoms with Crippen LogP contribution in [0.1, 0.15) is 11.1 Å². The molecule has 0 heterocycles. The Bertz CT molecular complexity index is 860. The van der Waals surface area contributed by atoms with Gasteiger partial charge in [0.15, 0.2) is 5.75 Å². The van der Waals surface area contributed by atoms with Crippen molar-refractivity contribution in [1.82, 2.24) is 4.83 Å². The van der Waals surface area contributed by atoms with E-state index >= 15 is 0 Å². The van der Waals surface area contributed by atoms with E-state index in [-0.39, 0.29) is 10.5 Å². The maximum atomic E-state index is 12.0. The lowest BCUT2D eigenvalue weighted by Crippen LogP contribution is -2.18. The Morgan fingerprint density at radius 1 is 1.22 bits per heavy atom. The highest BCUT2D eigenvalue weighted by molar-refractivity contribution is 7.89. The summed E-state index contributed by atoms with van der Waals surface area (Å²) in [4.78, 5) is 12.0. The highest BCUT2D eigenvalue weighted by atomic mass is 32.2. The van der Waals surface area contributed by atoms with E-state index in [2.05, 4.69) is 5.10 Å². The number of aromatic hydroxyl groups is 1. The molecule has 0 saturated heterocycles. The van der Waals surface area contributed by atoms with E-state index in [9.17, 15) is 23.6 Å². The molecule has 0 aromatic heterocycles. The molecule has 23 heavy (non-hydrogen) atoms. The normalized spacial score (nSPS) is 11.5. The van der Waals surface area contributed by atoms with Crippen LogP contribution in [0.3, 0.4) is 0 Å². The van der Waals surface area contributed by atoms with Gasteiger partial charge in [-0.2, -0.15) is 13.5 Å². The van der Waals surface area contributed by atoms with Gasteiger partial charge in [0.1, 0.15) is 0 Å². The molecule has 2 aromatic carbocycles. The van der Waals surface area contributed by atoms with Crippen LogP contribution in [0.15, 0.2) is 52.5 Å². The molecule has 2 aromatic rings. The van der Waals surface area contributed by atoms with Crippen molar-refractivity contribution in [1.29, 1.82) is 0 Å². The number of hydrazone groups is 1. The maximum Gasteiger partial charge on any atom is 0.311 e. The Morgan fingerprint density at radius 3 is 2.48 bits per heavy atom. The predicted molar refractivity (Wildman–Crippen MR) is 83.9 cm³/mol. The summed E-state index contributed by atoms with van der Waals surface area (Å²) >= 11 is 0. The van der Waals surface area contributed by atoms with Gasteiger partial charge in [-0.05, 0) is 31.2 Å². The fraction of sp³-hybridized carbons (Fsp3) is 0.0714. The van der Waals surface area contributed by atoms with Crippen molar-refractivity contribution >= 4 is 21.9 Å². The first kappa shape index (κ1) is 16.4. The minimum atomic E-state index is -3.81. The number of rotatable bonds is 5. The van der Waals surface area contributed by atoms with Gasteiger partial charge < -0.3 is 5.11 Å². The molecule has 2 rings (SSSR count). The van der Waals surface area contributed by atoms with Crippen molar-refractivity contribution < 1.29 is 18.4 Å². The summed E-state index contributed by atoms with van der Waals surface area (Å²) in [6, 6.07) is 9.78. The Hall–Kier alpha value is -2.94. The second kappa shape index (κ2) is 6.44. The number of nitro benzene ring substituents is 1. The number of nitro groups is 1. The fourth-order valence-corrected chi connectivity index (χ4v) is 2.50. The van der Waals surface area contributed by atoms with Crippen LogP contribution in [0.5, 0.6) is 5.75 Å². The number of aryl methyl sites for hydroxylation is 1. The van der Waals surface area contributed by atoms with Crippen LogP contribution in [0.25, 0.3) is 0 Å². The zero-order valence-electron chi connectivity index (χ0n) is 12.0. The molecule has 0 aliphatic carbocycles. The average molecular weight is 335 g/mol. The van der Waals surface area contributed by atoms with E-state index in [4.69, 9.17) is 0 Å². The molecular weight excluding hydrogens is 322 g/mol. The Labute approximate surface area is 132 Å². The Balaban J connectivity index is 2.17. The number of sulfonamides is 1. The molecule has 0 atom stereocenters. The number of hydrogen-bond acceptors (Lipinski definition) is 6. The van der Waals surface area contributed by atoms with Crippen molar-refractivity contribution in [2.75, 3.05) is 0 Å². The van der Waals surface area contributed by atoms with Crippen LogP contribution in [0, 0.1) is 17.0 Å². The zero-order valence-corrected chi connectivity index (χ0v) is 12.8. The van der Waals surface area contributed by atoms with Crippen LogP contribution >= 0.6 is 0 Å². The summed E-state index contributed by atoms with van der Waals surface area (Å²) in [5.41, 5.74) is 0.695. The summed E-state index contributed by atoms with van der Waals surface area (Å²) in [5, 5.41) is 23.6. The molecule has 0 saturated carbocycles. The van der Waals surface area contributed by atoms with Crippen LogP contribution < -0.4 is 4.83 Å². The van der Waals surface area contributed by atoms with E-state index in [0.717, 1.165) is 23.9 Å². The first-order chi connectivity index (χ1) is 10.8. The van der Waals surface area contributed by atoms with E-state index < -0.39 is 26.4 Å². The molecule has 8 nitrogen and oxygen atoms in total. The van der Waals surface area contributed by atoms with Gasteiger partial charge in [-0.15, -0.1) is 0 Å². The Kier molecular flexibility index (Phi) is 4.60. The van der Waals surface area contributed by atoms with E-state index in [0.29, 0.717) is 0 Å². The van der Waals surface area contributed by atoms with E-state index in [1.165, 1.54) is 18.2 Å². The highest BCUT2D eigenvalue weighted by Gasteiger charge is 2.14. The van der Waals surface area contributed by atoms with Crippen molar-refractivity contribution in [2.45, 2.75) is 11.8 Å². The summed E-state index contributed by atoms with van der Waals surface area (Å²) in [6.07, 6.45) is 1.11. The molecule has 0 fully saturated rings. The third-order valence-electron chi connectivity index (χ3n) is 2.91. The van der Waals surface area contributed by atoms with Gasteiger partial charge in [0.05, 0.1) is 16.0 Å². The van der Waals surface area contributed by atoms with Gasteiger partial charge in [-0.25, -0.2) is 4.83 Å². The number of phenols is 1. The van der Waals surface area contributed by atoms with Crippen LogP contribution in [-0.4, -0.2) is 24.7 Å². The molecule has 0 aliphatic heterocycles. The third-order valence-corrected chi connectivity index (χ3v) is 4.15. The van der Waals surface area contributed by atoms with Crippen molar-refractivity contribution in [3.8, 4) is 5.75 Å². The van der Waals surface area contributed by atoms with Crippen LogP contribution in [-0.2, 0) is 10.0 Å². The van der Waals surface area contributed by atoms with Gasteiger partial charge >= 0.3 is 5.69 Å². The molecule has 0 aliphatic rings. The monoisotopic (exact) mass is 335 g/mol. The first-order valence-electron chi connectivity index (χ1n) is 6.38. The highest BCUT2D eigenvalue weighted by Crippen LogP contribution is 2.25. The predicted octanol–water partition coefficient (Wildman–Crippen LogP) is 1.92. The topological polar surface area (TPSA) is 122 Å². The SMILES string of the molecule is Cc1ccc(S(=O)(=O)N/N=C\c2ccc(O)c([N+](=O)[O-])c2)cc1. The van der Waals surface area contributed by atoms with E-state index in [1.54, 1.807) is 12.1 Å². The smallest absolute Gasteiger partial charge is 0.311 e. The molecule has 0 amide bonds. The number of hydrogen-bond donors (Lipinski definition) is 2. The lowest BCUT2D eigenvalue weighted by Gasteiger charge is -2.03. The first-order valence-corrected chi connectivity index (χ1v) is 7.87. The largest absolute Gasteiger partial charge is 0.502 e. The summed E-state index contributed by atoms with van der Waals surface area (Å²) in [5.74, 6) is -0.479. The molecule has 120 valence electrons. The van der Waals surface area contributed by atoms with Crippen molar-refractivity contribution in [3.05, 3.63) is 63.7 Å². The molecular formula is C14H13N3O5S. The molecule has 2 N–H and O–H groups in total. The Morgan fingerprint density at radius 2 is 1.87 bits per heavy atom. The number of nitrogens with one attached hydrogen (secondary N) is 1. The fourth-order valence-electron chi connectivity index (χ4n) is 1.71. The van der Waals surface area contributed by atoms with Gasteiger partial charge in [0.2, 0.25) is 0 Å². The average Bonchev–Trinajstić information content (AvgIpc) is 2.49. The summed E-state index contributed by atoms with van der Waals surface area (Å²) in [7, 11) is -3.81. The lowest BCUT2D eigenvalue weighted by atomic mass is 10.2. The molecule has 0 radical (unpaired) electrons. The number of phenolic OH excluding ortho intramolecular Hbond substituents is 1. The minimum Gasteiger partial charge on any atom is -0.502 e. The van der Waals surface area contributed by atoms with Crippen LogP contribution in [0.2, 0.25) is 0 Å². The molecule has 0 unspecified atom stereocenters. The number of benzene rings is 2. The van der Waals surface area contributed by atoms with Gasteiger partial charge in [0, 0.05) is 11.6 Å². The van der Waals surface area contributed by atoms with Gasteiger partial charge in [-0.1, -0.05) is 17.7 Å². The van der Waals surface area contributed by atoms with Crippen molar-refractivity contribution in [2.24, 2.45) is 5.10 Å². The standard InChI is InChI=1S/C14H13N3O5S/c1-10-2-5-12(6-3-10)23(21,22)16-15-9-11-4-7-14(18)13(8-11)17(19)20/h2-9,16,18H,1H3/b15-9-.